The molecule has 4 heteroatoms. The molecule has 0 radical (unpaired) electrons. The second-order valence-corrected chi connectivity index (χ2v) is 5.96. The van der Waals surface area contributed by atoms with E-state index in [1.807, 2.05) is 5.51 Å². The Labute approximate surface area is 101 Å². The van der Waals surface area contributed by atoms with Gasteiger partial charge in [0.15, 0.2) is 0 Å². The summed E-state index contributed by atoms with van der Waals surface area (Å²) < 4.78 is 0. The molecule has 3 nitrogen and oxygen atoms in total. The molecule has 16 heavy (non-hydrogen) atoms. The van der Waals surface area contributed by atoms with Crippen molar-refractivity contribution in [3.05, 3.63) is 16.1 Å². The van der Waals surface area contributed by atoms with Gasteiger partial charge in [0.1, 0.15) is 0 Å². The molecule has 0 aromatic carbocycles. The minimum atomic E-state index is 0.737. The Hall–Kier alpha value is -0.450. The van der Waals surface area contributed by atoms with Crippen molar-refractivity contribution in [2.45, 2.75) is 44.8 Å². The van der Waals surface area contributed by atoms with Crippen LogP contribution in [0.3, 0.4) is 0 Å². The smallest absolute Gasteiger partial charge is 0.0798 e. The van der Waals surface area contributed by atoms with Gasteiger partial charge in [-0.2, -0.15) is 0 Å². The molecule has 2 aliphatic rings. The third-order valence-corrected chi connectivity index (χ3v) is 4.74. The maximum atomic E-state index is 4.33. The van der Waals surface area contributed by atoms with Crippen LogP contribution in [0.1, 0.15) is 29.8 Å². The highest BCUT2D eigenvalue weighted by atomic mass is 32.1. The molecule has 2 unspecified atom stereocenters. The number of nitrogens with one attached hydrogen (secondary N) is 1. The maximum absolute atomic E-state index is 4.33. The van der Waals surface area contributed by atoms with E-state index in [4.69, 9.17) is 0 Å². The molecule has 2 atom stereocenters. The summed E-state index contributed by atoms with van der Waals surface area (Å²) in [6.45, 7) is 5.68. The van der Waals surface area contributed by atoms with Crippen LogP contribution in [0.2, 0.25) is 0 Å². The SMILES string of the molecule is Cc1ncsc1CN1CCC2CCC(C1)N2. The van der Waals surface area contributed by atoms with E-state index in [1.54, 1.807) is 11.3 Å². The number of nitrogens with zero attached hydrogens (tertiary/aromatic N) is 2. The van der Waals surface area contributed by atoms with Gasteiger partial charge in [0, 0.05) is 36.6 Å². The number of aromatic nitrogens is 1. The Morgan fingerprint density at radius 2 is 2.31 bits per heavy atom. The Balaban J connectivity index is 1.65. The van der Waals surface area contributed by atoms with Crippen LogP contribution in [0.5, 0.6) is 0 Å². The standard InChI is InChI=1S/C12H19N3S/c1-9-12(16-8-13-9)7-15-5-4-10-2-3-11(6-15)14-10/h8,10-11,14H,2-7H2,1H3. The summed E-state index contributed by atoms with van der Waals surface area (Å²) in [6.07, 6.45) is 4.06. The number of rotatable bonds is 2. The van der Waals surface area contributed by atoms with Crippen molar-refractivity contribution in [3.63, 3.8) is 0 Å². The summed E-state index contributed by atoms with van der Waals surface area (Å²) in [4.78, 5) is 8.37. The van der Waals surface area contributed by atoms with E-state index in [2.05, 4.69) is 22.1 Å². The molecule has 2 bridgehead atoms. The molecule has 2 aliphatic heterocycles. The highest BCUT2D eigenvalue weighted by Crippen LogP contribution is 2.23. The molecule has 0 amide bonds. The van der Waals surface area contributed by atoms with E-state index in [9.17, 15) is 0 Å². The topological polar surface area (TPSA) is 28.2 Å². The summed E-state index contributed by atoms with van der Waals surface area (Å²) in [5.41, 5.74) is 3.18. The van der Waals surface area contributed by atoms with Crippen molar-refractivity contribution < 1.29 is 0 Å². The lowest BCUT2D eigenvalue weighted by molar-refractivity contribution is 0.252. The summed E-state index contributed by atoms with van der Waals surface area (Å²) >= 11 is 1.80. The van der Waals surface area contributed by atoms with Gasteiger partial charge in [-0.3, -0.25) is 4.90 Å². The van der Waals surface area contributed by atoms with E-state index >= 15 is 0 Å². The predicted molar refractivity (Wildman–Crippen MR) is 66.7 cm³/mol. The molecule has 1 aromatic rings. The van der Waals surface area contributed by atoms with E-state index < -0.39 is 0 Å². The van der Waals surface area contributed by atoms with Crippen molar-refractivity contribution in [2.24, 2.45) is 0 Å². The maximum Gasteiger partial charge on any atom is 0.0798 e. The first-order valence-electron chi connectivity index (χ1n) is 6.18. The Morgan fingerprint density at radius 3 is 3.12 bits per heavy atom. The molecular weight excluding hydrogens is 218 g/mol. The van der Waals surface area contributed by atoms with Crippen LogP contribution in [0.15, 0.2) is 5.51 Å². The van der Waals surface area contributed by atoms with E-state index in [1.165, 1.54) is 42.9 Å². The molecule has 2 saturated heterocycles. The molecule has 3 rings (SSSR count). The number of likely N-dealkylation sites (tertiary alicyclic amines) is 1. The number of aryl methyl sites for hydroxylation is 1. The zero-order valence-electron chi connectivity index (χ0n) is 9.78. The van der Waals surface area contributed by atoms with E-state index in [0.717, 1.165) is 18.6 Å². The predicted octanol–water partition coefficient (Wildman–Crippen LogP) is 1.78. The zero-order valence-corrected chi connectivity index (χ0v) is 10.6. The van der Waals surface area contributed by atoms with Gasteiger partial charge in [0.25, 0.3) is 0 Å². The lowest BCUT2D eigenvalue weighted by Crippen LogP contribution is -2.34. The Morgan fingerprint density at radius 1 is 1.44 bits per heavy atom. The monoisotopic (exact) mass is 237 g/mol. The second-order valence-electron chi connectivity index (χ2n) is 5.02. The molecule has 1 N–H and O–H groups in total. The van der Waals surface area contributed by atoms with Crippen molar-refractivity contribution in [3.8, 4) is 0 Å². The fraction of sp³-hybridized carbons (Fsp3) is 0.750. The Bertz CT molecular complexity index is 363. The number of hydrogen-bond donors (Lipinski definition) is 1. The van der Waals surface area contributed by atoms with E-state index in [0.29, 0.717) is 0 Å². The van der Waals surface area contributed by atoms with Crippen molar-refractivity contribution in [1.29, 1.82) is 0 Å². The largest absolute Gasteiger partial charge is 0.310 e. The first-order chi connectivity index (χ1) is 7.81. The van der Waals surface area contributed by atoms with Gasteiger partial charge in [0.2, 0.25) is 0 Å². The van der Waals surface area contributed by atoms with Crippen molar-refractivity contribution in [1.82, 2.24) is 15.2 Å². The molecule has 3 heterocycles. The van der Waals surface area contributed by atoms with E-state index in [-0.39, 0.29) is 0 Å². The molecule has 1 aromatic heterocycles. The van der Waals surface area contributed by atoms with Crippen LogP contribution in [0, 0.1) is 6.92 Å². The van der Waals surface area contributed by atoms with Crippen LogP contribution in [0.25, 0.3) is 0 Å². The summed E-state index contributed by atoms with van der Waals surface area (Å²) in [5, 5.41) is 3.72. The van der Waals surface area contributed by atoms with Crippen LogP contribution in [-0.2, 0) is 6.54 Å². The van der Waals surface area contributed by atoms with Gasteiger partial charge in [0.05, 0.1) is 11.2 Å². The number of fused-ring (bicyclic) bond motifs is 2. The summed E-state index contributed by atoms with van der Waals surface area (Å²) in [6, 6.07) is 1.53. The van der Waals surface area contributed by atoms with Gasteiger partial charge in [-0.1, -0.05) is 0 Å². The lowest BCUT2D eigenvalue weighted by Gasteiger charge is -2.23. The summed E-state index contributed by atoms with van der Waals surface area (Å²) in [7, 11) is 0. The first-order valence-corrected chi connectivity index (χ1v) is 7.06. The van der Waals surface area contributed by atoms with Gasteiger partial charge in [-0.25, -0.2) is 4.98 Å². The molecule has 0 spiro atoms. The van der Waals surface area contributed by atoms with Crippen LogP contribution >= 0.6 is 11.3 Å². The van der Waals surface area contributed by atoms with Crippen LogP contribution < -0.4 is 5.32 Å². The molecular formula is C12H19N3S. The zero-order chi connectivity index (χ0) is 11.0. The quantitative estimate of drug-likeness (QED) is 0.850. The van der Waals surface area contributed by atoms with Gasteiger partial charge >= 0.3 is 0 Å². The van der Waals surface area contributed by atoms with Crippen molar-refractivity contribution in [2.75, 3.05) is 13.1 Å². The minimum absolute atomic E-state index is 0.737. The number of hydrogen-bond acceptors (Lipinski definition) is 4. The van der Waals surface area contributed by atoms with Crippen LogP contribution in [0.4, 0.5) is 0 Å². The molecule has 0 saturated carbocycles. The lowest BCUT2D eigenvalue weighted by atomic mass is 10.1. The number of thiazole rings is 1. The fourth-order valence-electron chi connectivity index (χ4n) is 2.84. The molecule has 2 fully saturated rings. The first kappa shape index (κ1) is 10.7. The average Bonchev–Trinajstić information content (AvgIpc) is 2.78. The third-order valence-electron chi connectivity index (χ3n) is 3.82. The normalized spacial score (nSPS) is 30.6. The van der Waals surface area contributed by atoms with Crippen molar-refractivity contribution >= 4 is 11.3 Å². The average molecular weight is 237 g/mol. The van der Waals surface area contributed by atoms with Gasteiger partial charge < -0.3 is 5.32 Å². The summed E-state index contributed by atoms with van der Waals surface area (Å²) in [5.74, 6) is 0. The minimum Gasteiger partial charge on any atom is -0.310 e. The second kappa shape index (κ2) is 4.43. The fourth-order valence-corrected chi connectivity index (χ4v) is 3.66. The molecule has 88 valence electrons. The highest BCUT2D eigenvalue weighted by Gasteiger charge is 2.29. The van der Waals surface area contributed by atoms with Crippen LogP contribution in [-0.4, -0.2) is 35.1 Å². The highest BCUT2D eigenvalue weighted by molar-refractivity contribution is 7.09. The Kier molecular flexibility index (Phi) is 2.96. The van der Waals surface area contributed by atoms with Gasteiger partial charge in [-0.05, 0) is 26.2 Å². The molecule has 0 aliphatic carbocycles. The third kappa shape index (κ3) is 2.14. The van der Waals surface area contributed by atoms with Gasteiger partial charge in [-0.15, -0.1) is 11.3 Å².